The number of rotatable bonds is 4. The lowest BCUT2D eigenvalue weighted by Crippen LogP contribution is -2.11. The van der Waals surface area contributed by atoms with Gasteiger partial charge in [-0.05, 0) is 6.08 Å². The molecule has 0 saturated heterocycles. The van der Waals surface area contributed by atoms with Gasteiger partial charge in [-0.3, -0.25) is 4.79 Å². The molecule has 0 spiro atoms. The SMILES string of the molecule is C=C/C=C\C=C(/C=C)C(=O)n1cnc2cncnc21.CC.CC. The van der Waals surface area contributed by atoms with Gasteiger partial charge in [0.15, 0.2) is 5.65 Å². The van der Waals surface area contributed by atoms with Crippen molar-refractivity contribution < 1.29 is 4.79 Å². The van der Waals surface area contributed by atoms with Gasteiger partial charge >= 0.3 is 0 Å². The van der Waals surface area contributed by atoms with Crippen molar-refractivity contribution in [3.8, 4) is 0 Å². The van der Waals surface area contributed by atoms with Crippen LogP contribution in [-0.4, -0.2) is 25.4 Å². The quantitative estimate of drug-likeness (QED) is 0.621. The molecule has 0 amide bonds. The topological polar surface area (TPSA) is 60.7 Å². The normalized spacial score (nSPS) is 10.3. The smallest absolute Gasteiger partial charge is 0.264 e. The van der Waals surface area contributed by atoms with Gasteiger partial charge in [-0.2, -0.15) is 0 Å². The van der Waals surface area contributed by atoms with Crippen molar-refractivity contribution in [2.45, 2.75) is 27.7 Å². The van der Waals surface area contributed by atoms with Crippen LogP contribution in [0.25, 0.3) is 11.2 Å². The molecule has 0 N–H and O–H groups in total. The second-order valence-electron chi connectivity index (χ2n) is 3.60. The van der Waals surface area contributed by atoms with Crippen molar-refractivity contribution in [3.63, 3.8) is 0 Å². The summed E-state index contributed by atoms with van der Waals surface area (Å²) in [6.45, 7) is 15.2. The van der Waals surface area contributed by atoms with Crippen LogP contribution in [0.4, 0.5) is 0 Å². The Labute approximate surface area is 137 Å². The number of allylic oxidation sites excluding steroid dienone is 6. The molecule has 2 rings (SSSR count). The number of fused-ring (bicyclic) bond motifs is 1. The molecule has 2 aromatic rings. The van der Waals surface area contributed by atoms with Crippen LogP contribution < -0.4 is 0 Å². The molecule has 0 aliphatic rings. The lowest BCUT2D eigenvalue weighted by molar-refractivity contribution is 0.0963. The summed E-state index contributed by atoms with van der Waals surface area (Å²) in [5.41, 5.74) is 1.48. The minimum atomic E-state index is -0.245. The number of hydrogen-bond acceptors (Lipinski definition) is 4. The van der Waals surface area contributed by atoms with E-state index in [1.54, 1.807) is 30.5 Å². The molecule has 0 unspecified atom stereocenters. The van der Waals surface area contributed by atoms with E-state index in [4.69, 9.17) is 0 Å². The average molecular weight is 312 g/mol. The predicted molar refractivity (Wildman–Crippen MR) is 96.3 cm³/mol. The third kappa shape index (κ3) is 5.47. The Balaban J connectivity index is 0.00000112. The maximum absolute atomic E-state index is 12.3. The highest BCUT2D eigenvalue weighted by atomic mass is 16.2. The van der Waals surface area contributed by atoms with E-state index >= 15 is 0 Å². The zero-order valence-electron chi connectivity index (χ0n) is 14.2. The second-order valence-corrected chi connectivity index (χ2v) is 3.60. The molecule has 5 nitrogen and oxygen atoms in total. The van der Waals surface area contributed by atoms with Crippen LogP contribution in [-0.2, 0) is 0 Å². The van der Waals surface area contributed by atoms with E-state index in [2.05, 4.69) is 28.1 Å². The van der Waals surface area contributed by atoms with Gasteiger partial charge in [0.2, 0.25) is 0 Å². The third-order valence-electron chi connectivity index (χ3n) is 2.42. The third-order valence-corrected chi connectivity index (χ3v) is 2.42. The molecule has 0 saturated carbocycles. The van der Waals surface area contributed by atoms with Gasteiger partial charge in [0.1, 0.15) is 18.2 Å². The monoisotopic (exact) mass is 312 g/mol. The van der Waals surface area contributed by atoms with Gasteiger partial charge in [0, 0.05) is 5.57 Å². The van der Waals surface area contributed by atoms with E-state index in [0.29, 0.717) is 16.7 Å². The fraction of sp³-hybridized carbons (Fsp3) is 0.222. The molecular weight excluding hydrogens is 288 g/mol. The van der Waals surface area contributed by atoms with Crippen LogP contribution in [0.2, 0.25) is 0 Å². The standard InChI is InChI=1S/C14H12N4O.2C2H6/c1-3-5-6-7-11(4-2)14(19)18-10-17-12-8-15-9-16-13(12)18;2*1-2/h3-10H,1-2H2;2*1-2H3/b6-5-,11-7+;;. The molecule has 0 bridgehead atoms. The number of aromatic nitrogens is 4. The largest absolute Gasteiger partial charge is 0.268 e. The summed E-state index contributed by atoms with van der Waals surface area (Å²) in [7, 11) is 0. The highest BCUT2D eigenvalue weighted by Crippen LogP contribution is 2.11. The zero-order chi connectivity index (χ0) is 17.7. The van der Waals surface area contributed by atoms with Crippen molar-refractivity contribution in [1.29, 1.82) is 0 Å². The molecule has 122 valence electrons. The van der Waals surface area contributed by atoms with Crippen LogP contribution in [0.15, 0.2) is 68.0 Å². The van der Waals surface area contributed by atoms with Crippen LogP contribution >= 0.6 is 0 Å². The summed E-state index contributed by atoms with van der Waals surface area (Å²) < 4.78 is 1.37. The summed E-state index contributed by atoms with van der Waals surface area (Å²) in [4.78, 5) is 24.3. The highest BCUT2D eigenvalue weighted by Gasteiger charge is 2.13. The molecule has 0 atom stereocenters. The number of imidazole rings is 1. The average Bonchev–Trinajstić information content (AvgIpc) is 3.06. The Morgan fingerprint density at radius 3 is 2.43 bits per heavy atom. The molecule has 0 aliphatic carbocycles. The van der Waals surface area contributed by atoms with Gasteiger partial charge in [0.25, 0.3) is 5.91 Å². The predicted octanol–water partition coefficient (Wildman–Crippen LogP) is 4.37. The maximum atomic E-state index is 12.3. The first-order valence-corrected chi connectivity index (χ1v) is 7.57. The Kier molecular flexibility index (Phi) is 10.4. The maximum Gasteiger partial charge on any atom is 0.264 e. The minimum Gasteiger partial charge on any atom is -0.268 e. The fourth-order valence-corrected chi connectivity index (χ4v) is 1.52. The molecule has 0 fully saturated rings. The number of nitrogens with zero attached hydrogens (tertiary/aromatic N) is 4. The molecule has 2 heterocycles. The first kappa shape index (κ1) is 20.2. The first-order chi connectivity index (χ1) is 11.3. The van der Waals surface area contributed by atoms with Crippen LogP contribution in [0.3, 0.4) is 0 Å². The van der Waals surface area contributed by atoms with Crippen molar-refractivity contribution in [2.24, 2.45) is 0 Å². The van der Waals surface area contributed by atoms with E-state index in [1.807, 2.05) is 27.7 Å². The van der Waals surface area contributed by atoms with Gasteiger partial charge in [-0.1, -0.05) is 65.2 Å². The Morgan fingerprint density at radius 2 is 1.83 bits per heavy atom. The van der Waals surface area contributed by atoms with Crippen molar-refractivity contribution in [1.82, 2.24) is 19.5 Å². The second kappa shape index (κ2) is 11.8. The lowest BCUT2D eigenvalue weighted by atomic mass is 10.2. The number of carbonyl (C=O) groups excluding carboxylic acids is 1. The first-order valence-electron chi connectivity index (χ1n) is 7.57. The molecular formula is C18H24N4O. The summed E-state index contributed by atoms with van der Waals surface area (Å²) in [5, 5.41) is 0. The molecule has 5 heteroatoms. The van der Waals surface area contributed by atoms with E-state index in [1.165, 1.54) is 23.3 Å². The Morgan fingerprint density at radius 1 is 1.13 bits per heavy atom. The van der Waals surface area contributed by atoms with Crippen LogP contribution in [0.5, 0.6) is 0 Å². The summed E-state index contributed by atoms with van der Waals surface area (Å²) >= 11 is 0. The van der Waals surface area contributed by atoms with Crippen LogP contribution in [0.1, 0.15) is 32.5 Å². The van der Waals surface area contributed by atoms with Crippen LogP contribution in [0, 0.1) is 0 Å². The summed E-state index contributed by atoms with van der Waals surface area (Å²) in [6.07, 6.45) is 12.6. The molecule has 0 aromatic carbocycles. The van der Waals surface area contributed by atoms with Gasteiger partial charge in [0.05, 0.1) is 6.20 Å². The fourth-order valence-electron chi connectivity index (χ4n) is 1.52. The van der Waals surface area contributed by atoms with Gasteiger partial charge < -0.3 is 0 Å². The van der Waals surface area contributed by atoms with Gasteiger partial charge in [-0.15, -0.1) is 0 Å². The molecule has 0 radical (unpaired) electrons. The van der Waals surface area contributed by atoms with E-state index in [9.17, 15) is 4.79 Å². The molecule has 2 aromatic heterocycles. The van der Waals surface area contributed by atoms with E-state index in [-0.39, 0.29) is 5.91 Å². The highest BCUT2D eigenvalue weighted by molar-refractivity contribution is 6.01. The Bertz CT molecular complexity index is 696. The minimum absolute atomic E-state index is 0.245. The summed E-state index contributed by atoms with van der Waals surface area (Å²) in [5.74, 6) is -0.245. The van der Waals surface area contributed by atoms with Crippen molar-refractivity contribution in [3.05, 3.63) is 68.0 Å². The number of hydrogen-bond donors (Lipinski definition) is 0. The summed E-state index contributed by atoms with van der Waals surface area (Å²) in [6, 6.07) is 0. The van der Waals surface area contributed by atoms with E-state index < -0.39 is 0 Å². The van der Waals surface area contributed by atoms with Crippen molar-refractivity contribution in [2.75, 3.05) is 0 Å². The van der Waals surface area contributed by atoms with Crippen molar-refractivity contribution >= 4 is 17.1 Å². The molecule has 0 aliphatic heterocycles. The van der Waals surface area contributed by atoms with E-state index in [0.717, 1.165) is 0 Å². The number of carbonyl (C=O) groups is 1. The lowest BCUT2D eigenvalue weighted by Gasteiger charge is -2.01. The molecule has 23 heavy (non-hydrogen) atoms. The zero-order valence-corrected chi connectivity index (χ0v) is 14.2. The van der Waals surface area contributed by atoms with Gasteiger partial charge in [-0.25, -0.2) is 19.5 Å². The Hall–Kier alpha value is -2.82.